The summed E-state index contributed by atoms with van der Waals surface area (Å²) in [6.07, 6.45) is 0.839. The summed E-state index contributed by atoms with van der Waals surface area (Å²) in [5.74, 6) is -0.119. The molecule has 2 aromatic carbocycles. The van der Waals surface area contributed by atoms with Crippen molar-refractivity contribution in [1.29, 1.82) is 0 Å². The van der Waals surface area contributed by atoms with E-state index in [1.54, 1.807) is 36.1 Å². The van der Waals surface area contributed by atoms with Gasteiger partial charge in [-0.1, -0.05) is 29.8 Å². The third kappa shape index (κ3) is 3.51. The molecule has 0 aromatic heterocycles. The molecule has 0 radical (unpaired) electrons. The first kappa shape index (κ1) is 16.3. The number of hydrogen-bond donors (Lipinski definition) is 2. The van der Waals surface area contributed by atoms with Gasteiger partial charge in [-0.05, 0) is 49.2 Å². The monoisotopic (exact) mass is 343 g/mol. The van der Waals surface area contributed by atoms with Gasteiger partial charge in [0.1, 0.15) is 6.04 Å². The second-order valence-electron chi connectivity index (χ2n) is 5.70. The molecule has 1 aliphatic heterocycles. The molecule has 1 unspecified atom stereocenters. The smallest absolute Gasteiger partial charge is 0.319 e. The molecule has 124 valence electrons. The lowest BCUT2D eigenvalue weighted by atomic mass is 10.2. The Hall–Kier alpha value is -2.53. The number of nitrogens with zero attached hydrogens (tertiary/aromatic N) is 1. The molecule has 0 spiro atoms. The van der Waals surface area contributed by atoms with Crippen molar-refractivity contribution in [2.75, 3.05) is 16.8 Å². The van der Waals surface area contributed by atoms with E-state index in [0.29, 0.717) is 17.3 Å². The van der Waals surface area contributed by atoms with Gasteiger partial charge >= 0.3 is 6.03 Å². The molecule has 1 aliphatic rings. The van der Waals surface area contributed by atoms with E-state index >= 15 is 0 Å². The van der Waals surface area contributed by atoms with Gasteiger partial charge in [-0.2, -0.15) is 0 Å². The topological polar surface area (TPSA) is 61.4 Å². The highest BCUT2D eigenvalue weighted by Crippen LogP contribution is 2.27. The minimum absolute atomic E-state index is 0.119. The van der Waals surface area contributed by atoms with Crippen molar-refractivity contribution in [2.24, 2.45) is 0 Å². The number of rotatable bonds is 3. The first-order chi connectivity index (χ1) is 11.5. The van der Waals surface area contributed by atoms with Crippen LogP contribution >= 0.6 is 11.6 Å². The molecule has 2 aromatic rings. The Morgan fingerprint density at radius 2 is 1.83 bits per heavy atom. The molecule has 0 fully saturated rings. The number of hydrogen-bond acceptors (Lipinski definition) is 2. The highest BCUT2D eigenvalue weighted by atomic mass is 35.5. The number of anilines is 2. The fourth-order valence-corrected chi connectivity index (χ4v) is 2.89. The highest BCUT2D eigenvalue weighted by Gasteiger charge is 2.28. The van der Waals surface area contributed by atoms with Crippen molar-refractivity contribution in [3.05, 3.63) is 59.1 Å². The van der Waals surface area contributed by atoms with E-state index in [1.165, 1.54) is 0 Å². The van der Waals surface area contributed by atoms with Crippen LogP contribution in [0.2, 0.25) is 5.02 Å². The second-order valence-corrected chi connectivity index (χ2v) is 6.13. The average molecular weight is 344 g/mol. The number of halogens is 1. The van der Waals surface area contributed by atoms with E-state index < -0.39 is 12.1 Å². The first-order valence-electron chi connectivity index (χ1n) is 7.77. The van der Waals surface area contributed by atoms with Crippen LogP contribution in [0.5, 0.6) is 0 Å². The summed E-state index contributed by atoms with van der Waals surface area (Å²) in [5.41, 5.74) is 2.70. The van der Waals surface area contributed by atoms with Crippen LogP contribution in [0.4, 0.5) is 16.2 Å². The van der Waals surface area contributed by atoms with E-state index in [1.807, 2.05) is 24.3 Å². The summed E-state index contributed by atoms with van der Waals surface area (Å²) in [4.78, 5) is 26.4. The van der Waals surface area contributed by atoms with Gasteiger partial charge in [0, 0.05) is 22.9 Å². The van der Waals surface area contributed by atoms with Crippen molar-refractivity contribution >= 4 is 34.9 Å². The number of para-hydroxylation sites is 1. The Bertz CT molecular complexity index is 761. The van der Waals surface area contributed by atoms with Crippen LogP contribution in [-0.4, -0.2) is 24.5 Å². The molecule has 3 rings (SSSR count). The lowest BCUT2D eigenvalue weighted by Gasteiger charge is -2.22. The molecule has 24 heavy (non-hydrogen) atoms. The number of amides is 3. The minimum Gasteiger partial charge on any atom is -0.326 e. The fourth-order valence-electron chi connectivity index (χ4n) is 2.76. The summed E-state index contributed by atoms with van der Waals surface area (Å²) in [5, 5.41) is 5.96. The van der Waals surface area contributed by atoms with Crippen LogP contribution in [0.25, 0.3) is 0 Å². The fraction of sp³-hybridized carbons (Fsp3) is 0.222. The predicted octanol–water partition coefficient (Wildman–Crippen LogP) is 3.44. The zero-order chi connectivity index (χ0) is 17.1. The van der Waals surface area contributed by atoms with Crippen LogP contribution in [0, 0.1) is 0 Å². The zero-order valence-corrected chi connectivity index (χ0v) is 14.0. The quantitative estimate of drug-likeness (QED) is 0.896. The van der Waals surface area contributed by atoms with Gasteiger partial charge in [-0.25, -0.2) is 4.79 Å². The maximum atomic E-state index is 12.6. The summed E-state index contributed by atoms with van der Waals surface area (Å²) in [7, 11) is 0. The molecule has 2 N–H and O–H groups in total. The molecule has 6 heteroatoms. The van der Waals surface area contributed by atoms with Crippen LogP contribution in [0.3, 0.4) is 0 Å². The van der Waals surface area contributed by atoms with Gasteiger partial charge in [-0.15, -0.1) is 0 Å². The third-order valence-corrected chi connectivity index (χ3v) is 4.23. The highest BCUT2D eigenvalue weighted by molar-refractivity contribution is 6.30. The van der Waals surface area contributed by atoms with Crippen LogP contribution in [0.15, 0.2) is 48.5 Å². The standard InChI is InChI=1S/C18H18ClN3O2/c1-12(20-18(24)21-15-8-6-14(19)7-9-15)17(23)22-11-10-13-4-2-3-5-16(13)22/h2-9,12H,10-11H2,1H3,(H2,20,21,24). The molecule has 0 saturated carbocycles. The van der Waals surface area contributed by atoms with Crippen molar-refractivity contribution < 1.29 is 9.59 Å². The summed E-state index contributed by atoms with van der Waals surface area (Å²) >= 11 is 5.81. The van der Waals surface area contributed by atoms with Crippen LogP contribution in [-0.2, 0) is 11.2 Å². The molecular weight excluding hydrogens is 326 g/mol. The Labute approximate surface area is 145 Å². The third-order valence-electron chi connectivity index (χ3n) is 3.97. The first-order valence-corrected chi connectivity index (χ1v) is 8.15. The van der Waals surface area contributed by atoms with Gasteiger partial charge in [0.25, 0.3) is 0 Å². The lowest BCUT2D eigenvalue weighted by Crippen LogP contribution is -2.47. The minimum atomic E-state index is -0.622. The Morgan fingerprint density at radius 1 is 1.12 bits per heavy atom. The summed E-state index contributed by atoms with van der Waals surface area (Å²) in [6.45, 7) is 2.33. The molecule has 1 heterocycles. The summed E-state index contributed by atoms with van der Waals surface area (Å²) < 4.78 is 0. The number of urea groups is 1. The van der Waals surface area contributed by atoms with E-state index in [0.717, 1.165) is 17.7 Å². The molecular formula is C18H18ClN3O2. The van der Waals surface area contributed by atoms with E-state index in [4.69, 9.17) is 11.6 Å². The summed E-state index contributed by atoms with van der Waals surface area (Å²) in [6, 6.07) is 13.6. The number of carbonyl (C=O) groups excluding carboxylic acids is 2. The SMILES string of the molecule is CC(NC(=O)Nc1ccc(Cl)cc1)C(=O)N1CCc2ccccc21. The van der Waals surface area contributed by atoms with Gasteiger partial charge < -0.3 is 15.5 Å². The van der Waals surface area contributed by atoms with Gasteiger partial charge in [0.15, 0.2) is 0 Å². The van der Waals surface area contributed by atoms with Crippen molar-refractivity contribution in [3.8, 4) is 0 Å². The number of carbonyl (C=O) groups is 2. The van der Waals surface area contributed by atoms with E-state index in [-0.39, 0.29) is 5.91 Å². The predicted molar refractivity (Wildman–Crippen MR) is 95.6 cm³/mol. The van der Waals surface area contributed by atoms with E-state index in [2.05, 4.69) is 10.6 Å². The number of nitrogens with one attached hydrogen (secondary N) is 2. The Balaban J connectivity index is 1.60. The maximum Gasteiger partial charge on any atom is 0.319 e. The van der Waals surface area contributed by atoms with Crippen molar-refractivity contribution in [2.45, 2.75) is 19.4 Å². The maximum absolute atomic E-state index is 12.6. The van der Waals surface area contributed by atoms with Crippen molar-refractivity contribution in [3.63, 3.8) is 0 Å². The van der Waals surface area contributed by atoms with Crippen LogP contribution < -0.4 is 15.5 Å². The van der Waals surface area contributed by atoms with Gasteiger partial charge in [-0.3, -0.25) is 4.79 Å². The average Bonchev–Trinajstić information content (AvgIpc) is 3.00. The molecule has 5 nitrogen and oxygen atoms in total. The molecule has 1 atom stereocenters. The number of benzene rings is 2. The lowest BCUT2D eigenvalue weighted by molar-refractivity contribution is -0.119. The van der Waals surface area contributed by atoms with Gasteiger partial charge in [0.05, 0.1) is 0 Å². The Kier molecular flexibility index (Phi) is 4.71. The molecule has 0 bridgehead atoms. The van der Waals surface area contributed by atoms with E-state index in [9.17, 15) is 9.59 Å². The second kappa shape index (κ2) is 6.93. The molecule has 0 saturated heterocycles. The number of fused-ring (bicyclic) bond motifs is 1. The largest absolute Gasteiger partial charge is 0.326 e. The van der Waals surface area contributed by atoms with Crippen molar-refractivity contribution in [1.82, 2.24) is 5.32 Å². The zero-order valence-electron chi connectivity index (χ0n) is 13.3. The van der Waals surface area contributed by atoms with Crippen LogP contribution in [0.1, 0.15) is 12.5 Å². The van der Waals surface area contributed by atoms with Gasteiger partial charge in [0.2, 0.25) is 5.91 Å². The Morgan fingerprint density at radius 3 is 2.58 bits per heavy atom. The molecule has 0 aliphatic carbocycles. The molecule has 3 amide bonds. The normalized spacial score (nSPS) is 14.0.